The van der Waals surface area contributed by atoms with E-state index >= 15 is 0 Å². The minimum absolute atomic E-state index is 0.0505. The third-order valence-electron chi connectivity index (χ3n) is 2.95. The summed E-state index contributed by atoms with van der Waals surface area (Å²) in [5.41, 5.74) is 0. The van der Waals surface area contributed by atoms with Crippen LogP contribution in [-0.4, -0.2) is 40.8 Å². The molecule has 0 fully saturated rings. The van der Waals surface area contributed by atoms with Gasteiger partial charge in [-0.25, -0.2) is 13.1 Å². The minimum Gasteiger partial charge on any atom is -0.490 e. The number of hydrogen-bond acceptors (Lipinski definition) is 6. The quantitative estimate of drug-likeness (QED) is 0.733. The fourth-order valence-electron chi connectivity index (χ4n) is 1.79. The number of benzene rings is 1. The smallest absolute Gasteiger partial charge is 0.264 e. The van der Waals surface area contributed by atoms with Gasteiger partial charge in [-0.3, -0.25) is 4.79 Å². The highest BCUT2D eigenvalue weighted by molar-refractivity contribution is 7.90. The molecule has 1 rings (SSSR count). The highest BCUT2D eigenvalue weighted by Gasteiger charge is 2.21. The fourth-order valence-corrected chi connectivity index (χ4v) is 2.80. The van der Waals surface area contributed by atoms with Crippen LogP contribution in [0.4, 0.5) is 0 Å². The first-order chi connectivity index (χ1) is 10.8. The van der Waals surface area contributed by atoms with Crippen molar-refractivity contribution in [1.82, 2.24) is 4.72 Å². The van der Waals surface area contributed by atoms with Gasteiger partial charge in [0, 0.05) is 13.2 Å². The van der Waals surface area contributed by atoms with Gasteiger partial charge < -0.3 is 14.2 Å². The van der Waals surface area contributed by atoms with Gasteiger partial charge in [-0.05, 0) is 32.9 Å². The SMILES string of the molecule is CCOc1ccc(S(=O)(=O)NC(=O)CC(C)OC)cc1OCC. The van der Waals surface area contributed by atoms with Crippen LogP contribution in [0.3, 0.4) is 0 Å². The van der Waals surface area contributed by atoms with Crippen LogP contribution >= 0.6 is 0 Å². The summed E-state index contributed by atoms with van der Waals surface area (Å²) in [6.45, 7) is 6.07. The first-order valence-corrected chi connectivity index (χ1v) is 8.80. The van der Waals surface area contributed by atoms with Crippen molar-refractivity contribution in [3.05, 3.63) is 18.2 Å². The summed E-state index contributed by atoms with van der Waals surface area (Å²) in [5.74, 6) is 0.133. The average Bonchev–Trinajstić information content (AvgIpc) is 2.48. The van der Waals surface area contributed by atoms with Crippen LogP contribution in [0.1, 0.15) is 27.2 Å². The number of nitrogens with one attached hydrogen (secondary N) is 1. The van der Waals surface area contributed by atoms with Gasteiger partial charge in [0.1, 0.15) is 0 Å². The third-order valence-corrected chi connectivity index (χ3v) is 4.32. The van der Waals surface area contributed by atoms with E-state index in [0.717, 1.165) is 0 Å². The molecule has 0 saturated carbocycles. The molecule has 1 N–H and O–H groups in total. The van der Waals surface area contributed by atoms with Gasteiger partial charge in [-0.15, -0.1) is 0 Å². The molecule has 0 heterocycles. The molecule has 0 radical (unpaired) electrons. The molecule has 1 atom stereocenters. The molecule has 0 aliphatic carbocycles. The van der Waals surface area contributed by atoms with Crippen molar-refractivity contribution in [1.29, 1.82) is 0 Å². The monoisotopic (exact) mass is 345 g/mol. The number of amides is 1. The second kappa shape index (κ2) is 8.73. The van der Waals surface area contributed by atoms with Gasteiger partial charge in [0.15, 0.2) is 11.5 Å². The van der Waals surface area contributed by atoms with E-state index in [1.807, 2.05) is 11.6 Å². The molecule has 1 aromatic rings. The molecule has 130 valence electrons. The largest absolute Gasteiger partial charge is 0.490 e. The molecule has 7 nitrogen and oxygen atoms in total. The number of sulfonamides is 1. The molecular formula is C15H23NO6S. The van der Waals surface area contributed by atoms with Gasteiger partial charge in [0.25, 0.3) is 10.0 Å². The standard InChI is InChI=1S/C15H23NO6S/c1-5-21-13-8-7-12(10-14(13)22-6-2)23(18,19)16-15(17)9-11(3)20-4/h7-8,10-11H,5-6,9H2,1-4H3,(H,16,17). The molecule has 1 unspecified atom stereocenters. The zero-order valence-electron chi connectivity index (χ0n) is 13.8. The number of carbonyl (C=O) groups excluding carboxylic acids is 1. The van der Waals surface area contributed by atoms with Gasteiger partial charge in [-0.2, -0.15) is 0 Å². The normalized spacial score (nSPS) is 12.5. The van der Waals surface area contributed by atoms with E-state index in [-0.39, 0.29) is 17.4 Å². The molecule has 0 saturated heterocycles. The maximum Gasteiger partial charge on any atom is 0.264 e. The van der Waals surface area contributed by atoms with E-state index in [9.17, 15) is 13.2 Å². The van der Waals surface area contributed by atoms with Crippen molar-refractivity contribution in [2.75, 3.05) is 20.3 Å². The molecule has 0 aliphatic rings. The summed E-state index contributed by atoms with van der Waals surface area (Å²) < 4.78 is 42.3. The van der Waals surface area contributed by atoms with Crippen molar-refractivity contribution in [2.45, 2.75) is 38.2 Å². The number of hydrogen-bond donors (Lipinski definition) is 1. The summed E-state index contributed by atoms with van der Waals surface area (Å²) in [5, 5.41) is 0. The Kier molecular flexibility index (Phi) is 7.31. The summed E-state index contributed by atoms with van der Waals surface area (Å²) >= 11 is 0. The van der Waals surface area contributed by atoms with Gasteiger partial charge in [0.2, 0.25) is 5.91 Å². The zero-order chi connectivity index (χ0) is 17.5. The zero-order valence-corrected chi connectivity index (χ0v) is 14.6. The summed E-state index contributed by atoms with van der Waals surface area (Å²) in [7, 11) is -2.52. The second-order valence-electron chi connectivity index (χ2n) is 4.75. The van der Waals surface area contributed by atoms with Crippen LogP contribution in [0.5, 0.6) is 11.5 Å². The Morgan fingerprint density at radius 1 is 1.17 bits per heavy atom. The van der Waals surface area contributed by atoms with Crippen LogP contribution in [0.25, 0.3) is 0 Å². The second-order valence-corrected chi connectivity index (χ2v) is 6.44. The van der Waals surface area contributed by atoms with Crippen molar-refractivity contribution < 1.29 is 27.4 Å². The summed E-state index contributed by atoms with van der Waals surface area (Å²) in [4.78, 5) is 11.7. The maximum atomic E-state index is 12.3. The van der Waals surface area contributed by atoms with Crippen molar-refractivity contribution >= 4 is 15.9 Å². The lowest BCUT2D eigenvalue weighted by molar-refractivity contribution is -0.121. The van der Waals surface area contributed by atoms with Crippen LogP contribution in [0.2, 0.25) is 0 Å². The lowest BCUT2D eigenvalue weighted by atomic mass is 10.3. The van der Waals surface area contributed by atoms with Crippen LogP contribution in [0.15, 0.2) is 23.1 Å². The van der Waals surface area contributed by atoms with Crippen LogP contribution in [0, 0.1) is 0 Å². The van der Waals surface area contributed by atoms with Crippen molar-refractivity contribution in [3.63, 3.8) is 0 Å². The molecule has 0 spiro atoms. The van der Waals surface area contributed by atoms with Gasteiger partial charge in [-0.1, -0.05) is 0 Å². The summed E-state index contributed by atoms with van der Waals surface area (Å²) in [6.07, 6.45) is -0.421. The number of rotatable bonds is 9. The molecule has 0 aromatic heterocycles. The van der Waals surface area contributed by atoms with Crippen LogP contribution in [-0.2, 0) is 19.6 Å². The summed E-state index contributed by atoms with van der Waals surface area (Å²) in [6, 6.07) is 4.21. The number of carbonyl (C=O) groups is 1. The lowest BCUT2D eigenvalue weighted by Gasteiger charge is -2.14. The third kappa shape index (κ3) is 5.72. The maximum absolute atomic E-state index is 12.3. The Morgan fingerprint density at radius 2 is 1.78 bits per heavy atom. The van der Waals surface area contributed by atoms with E-state index < -0.39 is 15.9 Å². The first kappa shape index (κ1) is 19.2. The van der Waals surface area contributed by atoms with Crippen LogP contribution < -0.4 is 14.2 Å². The van der Waals surface area contributed by atoms with E-state index in [1.165, 1.54) is 25.3 Å². The predicted octanol–water partition coefficient (Wildman–Crippen LogP) is 1.71. The Balaban J connectivity index is 2.99. The average molecular weight is 345 g/mol. The topological polar surface area (TPSA) is 90.9 Å². The van der Waals surface area contributed by atoms with Crippen molar-refractivity contribution in [2.24, 2.45) is 0 Å². The first-order valence-electron chi connectivity index (χ1n) is 7.32. The molecule has 1 amide bonds. The Hall–Kier alpha value is -1.80. The van der Waals surface area contributed by atoms with E-state index in [2.05, 4.69) is 0 Å². The van der Waals surface area contributed by atoms with Gasteiger partial charge in [0.05, 0.1) is 30.6 Å². The lowest BCUT2D eigenvalue weighted by Crippen LogP contribution is -2.32. The molecule has 0 bridgehead atoms. The molecular weight excluding hydrogens is 322 g/mol. The van der Waals surface area contributed by atoms with E-state index in [1.54, 1.807) is 13.8 Å². The Morgan fingerprint density at radius 3 is 2.35 bits per heavy atom. The van der Waals surface area contributed by atoms with E-state index in [0.29, 0.717) is 24.7 Å². The number of ether oxygens (including phenoxy) is 3. The Labute approximate surface area is 137 Å². The highest BCUT2D eigenvalue weighted by Crippen LogP contribution is 2.30. The molecule has 1 aromatic carbocycles. The molecule has 0 aliphatic heterocycles. The highest BCUT2D eigenvalue weighted by atomic mass is 32.2. The Bertz CT molecular complexity index is 629. The number of methoxy groups -OCH3 is 1. The fraction of sp³-hybridized carbons (Fsp3) is 0.533. The minimum atomic E-state index is -3.98. The van der Waals surface area contributed by atoms with E-state index in [4.69, 9.17) is 14.2 Å². The van der Waals surface area contributed by atoms with Gasteiger partial charge >= 0.3 is 0 Å². The molecule has 23 heavy (non-hydrogen) atoms. The molecule has 8 heteroatoms. The predicted molar refractivity (Wildman–Crippen MR) is 85.2 cm³/mol. The van der Waals surface area contributed by atoms with Crippen molar-refractivity contribution in [3.8, 4) is 11.5 Å².